The van der Waals surface area contributed by atoms with Crippen molar-refractivity contribution in [2.45, 2.75) is 6.04 Å². The average Bonchev–Trinajstić information content (AvgIpc) is 2.80. The van der Waals surface area contributed by atoms with Crippen LogP contribution in [0.15, 0.2) is 23.6 Å². The molecule has 2 aromatic rings. The van der Waals surface area contributed by atoms with Crippen molar-refractivity contribution in [3.63, 3.8) is 0 Å². The SMILES string of the molecule is NC(C(=O)O)c1csc(-c2cc(Cl)ccc2Cl)n1. The Morgan fingerprint density at radius 2 is 2.17 bits per heavy atom. The maximum absolute atomic E-state index is 10.8. The monoisotopic (exact) mass is 302 g/mol. The summed E-state index contributed by atoms with van der Waals surface area (Å²) in [4.78, 5) is 14.9. The van der Waals surface area contributed by atoms with Gasteiger partial charge in [0.15, 0.2) is 0 Å². The molecule has 18 heavy (non-hydrogen) atoms. The number of rotatable bonds is 3. The van der Waals surface area contributed by atoms with Crippen LogP contribution in [0.2, 0.25) is 10.0 Å². The van der Waals surface area contributed by atoms with Crippen molar-refractivity contribution in [1.29, 1.82) is 0 Å². The minimum atomic E-state index is -1.13. The summed E-state index contributed by atoms with van der Waals surface area (Å²) in [5, 5.41) is 12.0. The largest absolute Gasteiger partial charge is 0.480 e. The summed E-state index contributed by atoms with van der Waals surface area (Å²) < 4.78 is 0. The fraction of sp³-hybridized carbons (Fsp3) is 0.0909. The van der Waals surface area contributed by atoms with Crippen molar-refractivity contribution < 1.29 is 9.90 Å². The molecule has 1 aromatic carbocycles. The number of halogens is 2. The molecule has 0 fully saturated rings. The van der Waals surface area contributed by atoms with Gasteiger partial charge >= 0.3 is 5.97 Å². The Morgan fingerprint density at radius 3 is 2.83 bits per heavy atom. The molecule has 4 nitrogen and oxygen atoms in total. The molecule has 1 aromatic heterocycles. The van der Waals surface area contributed by atoms with Crippen molar-refractivity contribution in [2.24, 2.45) is 5.73 Å². The van der Waals surface area contributed by atoms with E-state index in [4.69, 9.17) is 34.0 Å². The van der Waals surface area contributed by atoms with Crippen LogP contribution in [-0.2, 0) is 4.79 Å². The van der Waals surface area contributed by atoms with Crippen LogP contribution in [0, 0.1) is 0 Å². The zero-order chi connectivity index (χ0) is 13.3. The van der Waals surface area contributed by atoms with Crippen molar-refractivity contribution in [1.82, 2.24) is 4.98 Å². The third-order valence-corrected chi connectivity index (χ3v) is 3.72. The standard InChI is InChI=1S/C11H8Cl2N2O2S/c12-5-1-2-7(13)6(3-5)10-15-8(4-18-10)9(14)11(16)17/h1-4,9H,14H2,(H,16,17). The lowest BCUT2D eigenvalue weighted by Crippen LogP contribution is -2.20. The van der Waals surface area contributed by atoms with E-state index in [2.05, 4.69) is 4.98 Å². The summed E-state index contributed by atoms with van der Waals surface area (Å²) in [5.74, 6) is -1.12. The van der Waals surface area contributed by atoms with Gasteiger partial charge in [-0.3, -0.25) is 4.79 Å². The van der Waals surface area contributed by atoms with E-state index in [9.17, 15) is 4.79 Å². The van der Waals surface area contributed by atoms with E-state index < -0.39 is 12.0 Å². The molecule has 0 radical (unpaired) electrons. The molecule has 1 heterocycles. The Kier molecular flexibility index (Phi) is 3.87. The molecule has 0 aliphatic rings. The predicted molar refractivity (Wildman–Crippen MR) is 72.1 cm³/mol. The van der Waals surface area contributed by atoms with E-state index in [1.54, 1.807) is 23.6 Å². The van der Waals surface area contributed by atoms with Crippen LogP contribution >= 0.6 is 34.5 Å². The molecule has 3 N–H and O–H groups in total. The summed E-state index contributed by atoms with van der Waals surface area (Å²) in [5.41, 5.74) is 6.45. The molecule has 0 saturated carbocycles. The minimum absolute atomic E-state index is 0.304. The van der Waals surface area contributed by atoms with E-state index >= 15 is 0 Å². The molecule has 1 atom stereocenters. The van der Waals surface area contributed by atoms with E-state index in [1.165, 1.54) is 11.3 Å². The lowest BCUT2D eigenvalue weighted by atomic mass is 10.2. The first kappa shape index (κ1) is 13.3. The zero-order valence-corrected chi connectivity index (χ0v) is 11.3. The van der Waals surface area contributed by atoms with Crippen LogP contribution < -0.4 is 5.73 Å². The van der Waals surface area contributed by atoms with Gasteiger partial charge in [-0.15, -0.1) is 11.3 Å². The third-order valence-electron chi connectivity index (χ3n) is 2.27. The molecule has 2 rings (SSSR count). The van der Waals surface area contributed by atoms with Crippen molar-refractivity contribution >= 4 is 40.5 Å². The van der Waals surface area contributed by atoms with Gasteiger partial charge in [-0.25, -0.2) is 4.98 Å². The number of carboxylic acids is 1. The normalized spacial score (nSPS) is 12.4. The minimum Gasteiger partial charge on any atom is -0.480 e. The van der Waals surface area contributed by atoms with Crippen LogP contribution in [-0.4, -0.2) is 16.1 Å². The fourth-order valence-electron chi connectivity index (χ4n) is 1.34. The Labute approximate surface area is 117 Å². The average molecular weight is 303 g/mol. The van der Waals surface area contributed by atoms with Crippen LogP contribution in [0.25, 0.3) is 10.6 Å². The molecule has 0 aliphatic carbocycles. The Balaban J connectivity index is 2.41. The first-order valence-corrected chi connectivity index (χ1v) is 6.52. The number of benzene rings is 1. The highest BCUT2D eigenvalue weighted by atomic mass is 35.5. The maximum Gasteiger partial charge on any atom is 0.326 e. The van der Waals surface area contributed by atoms with Gasteiger partial charge in [0, 0.05) is 16.0 Å². The topological polar surface area (TPSA) is 76.2 Å². The molecule has 0 saturated heterocycles. The quantitative estimate of drug-likeness (QED) is 0.913. The van der Waals surface area contributed by atoms with Crippen molar-refractivity contribution in [3.8, 4) is 10.6 Å². The third kappa shape index (κ3) is 2.64. The highest BCUT2D eigenvalue weighted by Crippen LogP contribution is 2.33. The molecule has 94 valence electrons. The highest BCUT2D eigenvalue weighted by Gasteiger charge is 2.18. The smallest absolute Gasteiger partial charge is 0.326 e. The summed E-state index contributed by atoms with van der Waals surface area (Å²) in [7, 11) is 0. The van der Waals surface area contributed by atoms with E-state index in [0.717, 1.165) is 0 Å². The Bertz CT molecular complexity index is 600. The van der Waals surface area contributed by atoms with Gasteiger partial charge in [-0.05, 0) is 18.2 Å². The first-order chi connectivity index (χ1) is 8.49. The van der Waals surface area contributed by atoms with Gasteiger partial charge in [0.05, 0.1) is 10.7 Å². The van der Waals surface area contributed by atoms with Gasteiger partial charge in [0.1, 0.15) is 11.0 Å². The zero-order valence-electron chi connectivity index (χ0n) is 8.93. The molecule has 0 spiro atoms. The molecular formula is C11H8Cl2N2O2S. The van der Waals surface area contributed by atoms with Gasteiger partial charge in [-0.2, -0.15) is 0 Å². The van der Waals surface area contributed by atoms with Gasteiger partial charge in [0.25, 0.3) is 0 Å². The lowest BCUT2D eigenvalue weighted by molar-refractivity contribution is -0.138. The number of nitrogens with two attached hydrogens (primary N) is 1. The number of nitrogens with zero attached hydrogens (tertiary/aromatic N) is 1. The van der Waals surface area contributed by atoms with E-state index in [-0.39, 0.29) is 0 Å². The van der Waals surface area contributed by atoms with Crippen LogP contribution in [0.4, 0.5) is 0 Å². The summed E-state index contributed by atoms with van der Waals surface area (Å²) >= 11 is 13.2. The van der Waals surface area contributed by atoms with Gasteiger partial charge in [-0.1, -0.05) is 23.2 Å². The van der Waals surface area contributed by atoms with Gasteiger partial charge in [0.2, 0.25) is 0 Å². The number of aromatic nitrogens is 1. The number of carbonyl (C=O) groups is 1. The second-order valence-electron chi connectivity index (χ2n) is 3.52. The number of hydrogen-bond donors (Lipinski definition) is 2. The molecule has 0 aliphatic heterocycles. The lowest BCUT2D eigenvalue weighted by Gasteiger charge is -2.02. The first-order valence-electron chi connectivity index (χ1n) is 4.88. The Morgan fingerprint density at radius 1 is 1.44 bits per heavy atom. The summed E-state index contributed by atoms with van der Waals surface area (Å²) in [6, 6.07) is 3.88. The molecule has 1 unspecified atom stereocenters. The fourth-order valence-corrected chi connectivity index (χ4v) is 2.66. The predicted octanol–water partition coefficient (Wildman–Crippen LogP) is 3.20. The maximum atomic E-state index is 10.8. The number of hydrogen-bond acceptors (Lipinski definition) is 4. The van der Waals surface area contributed by atoms with Crippen molar-refractivity contribution in [2.75, 3.05) is 0 Å². The number of carboxylic acid groups (broad SMARTS) is 1. The highest BCUT2D eigenvalue weighted by molar-refractivity contribution is 7.13. The van der Waals surface area contributed by atoms with E-state index in [0.29, 0.717) is 26.3 Å². The van der Waals surface area contributed by atoms with Crippen LogP contribution in [0.5, 0.6) is 0 Å². The Hall–Kier alpha value is -1.14. The summed E-state index contributed by atoms with van der Waals surface area (Å²) in [6.45, 7) is 0. The second kappa shape index (κ2) is 5.24. The van der Waals surface area contributed by atoms with E-state index in [1.807, 2.05) is 0 Å². The summed E-state index contributed by atoms with van der Waals surface area (Å²) in [6.07, 6.45) is 0. The molecular weight excluding hydrogens is 295 g/mol. The number of aliphatic carboxylic acids is 1. The van der Waals surface area contributed by atoms with Gasteiger partial charge < -0.3 is 10.8 Å². The van der Waals surface area contributed by atoms with Crippen LogP contribution in [0.3, 0.4) is 0 Å². The van der Waals surface area contributed by atoms with Crippen LogP contribution in [0.1, 0.15) is 11.7 Å². The number of thiazole rings is 1. The van der Waals surface area contributed by atoms with Crippen molar-refractivity contribution in [3.05, 3.63) is 39.3 Å². The molecule has 0 amide bonds. The second-order valence-corrected chi connectivity index (χ2v) is 5.22. The molecule has 0 bridgehead atoms. The molecule has 7 heteroatoms.